The first-order valence-electron chi connectivity index (χ1n) is 6.30. The summed E-state index contributed by atoms with van der Waals surface area (Å²) in [5.41, 5.74) is 2.65. The zero-order chi connectivity index (χ0) is 13.2. The van der Waals surface area contributed by atoms with Crippen molar-refractivity contribution in [2.24, 2.45) is 0 Å². The van der Waals surface area contributed by atoms with Gasteiger partial charge in [0, 0.05) is 23.9 Å². The van der Waals surface area contributed by atoms with Crippen molar-refractivity contribution in [3.8, 4) is 5.75 Å². The van der Waals surface area contributed by atoms with Gasteiger partial charge in [0.15, 0.2) is 5.78 Å². The molecule has 1 N–H and O–H groups in total. The molecule has 19 heavy (non-hydrogen) atoms. The van der Waals surface area contributed by atoms with Crippen LogP contribution in [-0.2, 0) is 0 Å². The molecule has 0 saturated heterocycles. The minimum atomic E-state index is -0.109. The topological polar surface area (TPSA) is 38.3 Å². The molecule has 3 heteroatoms. The van der Waals surface area contributed by atoms with E-state index in [4.69, 9.17) is 4.74 Å². The molecule has 96 valence electrons. The Morgan fingerprint density at radius 3 is 2.68 bits per heavy atom. The third-order valence-corrected chi connectivity index (χ3v) is 3.51. The molecule has 0 saturated carbocycles. The standard InChI is InChI=1S/C16H15NO2/c1-19-12-7-8-13-15(9-12)17-10-14(16(13)18)11-5-3-2-4-6-11/h2-9,14,17H,10H2,1H3. The van der Waals surface area contributed by atoms with E-state index in [-0.39, 0.29) is 11.7 Å². The third kappa shape index (κ3) is 2.08. The molecule has 0 bridgehead atoms. The number of ketones is 1. The van der Waals surface area contributed by atoms with Gasteiger partial charge in [0.2, 0.25) is 0 Å². The Balaban J connectivity index is 1.97. The highest BCUT2D eigenvalue weighted by Gasteiger charge is 2.28. The summed E-state index contributed by atoms with van der Waals surface area (Å²) in [6.45, 7) is 0.628. The number of hydrogen-bond donors (Lipinski definition) is 1. The average molecular weight is 253 g/mol. The van der Waals surface area contributed by atoms with Crippen molar-refractivity contribution in [2.75, 3.05) is 19.0 Å². The lowest BCUT2D eigenvalue weighted by molar-refractivity contribution is 0.0960. The second-order valence-electron chi connectivity index (χ2n) is 4.62. The van der Waals surface area contributed by atoms with Gasteiger partial charge in [0.25, 0.3) is 0 Å². The quantitative estimate of drug-likeness (QED) is 0.893. The van der Waals surface area contributed by atoms with Crippen molar-refractivity contribution in [2.45, 2.75) is 5.92 Å². The second-order valence-corrected chi connectivity index (χ2v) is 4.62. The van der Waals surface area contributed by atoms with Crippen molar-refractivity contribution in [3.63, 3.8) is 0 Å². The van der Waals surface area contributed by atoms with Crippen LogP contribution in [0.5, 0.6) is 5.75 Å². The molecule has 1 atom stereocenters. The van der Waals surface area contributed by atoms with Gasteiger partial charge < -0.3 is 10.1 Å². The molecule has 0 amide bonds. The normalized spacial score (nSPS) is 17.5. The molecule has 1 aliphatic heterocycles. The highest BCUT2D eigenvalue weighted by molar-refractivity contribution is 6.07. The minimum Gasteiger partial charge on any atom is -0.497 e. The van der Waals surface area contributed by atoms with Crippen molar-refractivity contribution in [1.29, 1.82) is 0 Å². The number of rotatable bonds is 2. The molecule has 0 aromatic heterocycles. The van der Waals surface area contributed by atoms with Gasteiger partial charge in [0.05, 0.1) is 13.0 Å². The number of Topliss-reactive ketones (excluding diaryl/α,β-unsaturated/α-hetero) is 1. The molecule has 0 aliphatic carbocycles. The monoisotopic (exact) mass is 253 g/mol. The number of nitrogens with one attached hydrogen (secondary N) is 1. The van der Waals surface area contributed by atoms with Crippen molar-refractivity contribution in [3.05, 3.63) is 59.7 Å². The maximum absolute atomic E-state index is 12.5. The molecule has 1 heterocycles. The Kier molecular flexibility index (Phi) is 2.95. The van der Waals surface area contributed by atoms with Gasteiger partial charge in [-0.2, -0.15) is 0 Å². The van der Waals surface area contributed by atoms with Gasteiger partial charge in [-0.25, -0.2) is 0 Å². The number of hydrogen-bond acceptors (Lipinski definition) is 3. The average Bonchev–Trinajstić information content (AvgIpc) is 2.48. The van der Waals surface area contributed by atoms with E-state index in [1.54, 1.807) is 7.11 Å². The Bertz CT molecular complexity index is 607. The predicted octanol–water partition coefficient (Wildman–Crippen LogP) is 3.09. The smallest absolute Gasteiger partial charge is 0.174 e. The summed E-state index contributed by atoms with van der Waals surface area (Å²) in [5, 5.41) is 3.32. The fourth-order valence-electron chi connectivity index (χ4n) is 2.46. The molecule has 0 fully saturated rings. The maximum atomic E-state index is 12.5. The number of carbonyl (C=O) groups excluding carboxylic acids is 1. The van der Waals surface area contributed by atoms with Gasteiger partial charge in [-0.05, 0) is 17.7 Å². The van der Waals surface area contributed by atoms with Gasteiger partial charge in [-0.3, -0.25) is 4.79 Å². The van der Waals surface area contributed by atoms with Crippen LogP contribution in [0.2, 0.25) is 0 Å². The fraction of sp³-hybridized carbons (Fsp3) is 0.188. The number of anilines is 1. The van der Waals surface area contributed by atoms with Crippen LogP contribution < -0.4 is 10.1 Å². The largest absolute Gasteiger partial charge is 0.497 e. The van der Waals surface area contributed by atoms with Gasteiger partial charge in [-0.1, -0.05) is 30.3 Å². The van der Waals surface area contributed by atoms with Crippen LogP contribution in [0.4, 0.5) is 5.69 Å². The number of fused-ring (bicyclic) bond motifs is 1. The lowest BCUT2D eigenvalue weighted by Crippen LogP contribution is -2.27. The molecule has 3 nitrogen and oxygen atoms in total. The van der Waals surface area contributed by atoms with Crippen LogP contribution in [0.15, 0.2) is 48.5 Å². The Labute approximate surface area is 112 Å². The van der Waals surface area contributed by atoms with Gasteiger partial charge in [-0.15, -0.1) is 0 Å². The van der Waals surface area contributed by atoms with E-state index < -0.39 is 0 Å². The SMILES string of the molecule is COc1ccc2c(c1)NCC(c1ccccc1)C2=O. The van der Waals surface area contributed by atoms with Crippen LogP contribution in [0.25, 0.3) is 0 Å². The van der Waals surface area contributed by atoms with E-state index in [1.165, 1.54) is 0 Å². The molecule has 3 rings (SSSR count). The summed E-state index contributed by atoms with van der Waals surface area (Å²) in [6.07, 6.45) is 0. The molecular formula is C16H15NO2. The zero-order valence-electron chi connectivity index (χ0n) is 10.7. The molecule has 0 spiro atoms. The lowest BCUT2D eigenvalue weighted by Gasteiger charge is -2.25. The molecule has 2 aromatic carbocycles. The molecule has 1 unspecified atom stereocenters. The predicted molar refractivity (Wildman–Crippen MR) is 75.0 cm³/mol. The summed E-state index contributed by atoms with van der Waals surface area (Å²) in [7, 11) is 1.62. The highest BCUT2D eigenvalue weighted by atomic mass is 16.5. The number of methoxy groups -OCH3 is 1. The van der Waals surface area contributed by atoms with E-state index >= 15 is 0 Å². The Morgan fingerprint density at radius 2 is 1.95 bits per heavy atom. The number of ether oxygens (including phenoxy) is 1. The van der Waals surface area contributed by atoms with Crippen LogP contribution >= 0.6 is 0 Å². The summed E-state index contributed by atoms with van der Waals surface area (Å²) in [4.78, 5) is 12.5. The molecule has 2 aromatic rings. The number of carbonyl (C=O) groups is 1. The van der Waals surface area contributed by atoms with E-state index in [9.17, 15) is 4.79 Å². The Hall–Kier alpha value is -2.29. The molecule has 0 radical (unpaired) electrons. The third-order valence-electron chi connectivity index (χ3n) is 3.51. The van der Waals surface area contributed by atoms with E-state index in [0.717, 1.165) is 22.6 Å². The summed E-state index contributed by atoms with van der Waals surface area (Å²) < 4.78 is 5.18. The minimum absolute atomic E-state index is 0.109. The maximum Gasteiger partial charge on any atom is 0.174 e. The van der Waals surface area contributed by atoms with Gasteiger partial charge in [0.1, 0.15) is 5.75 Å². The number of benzene rings is 2. The van der Waals surface area contributed by atoms with Gasteiger partial charge >= 0.3 is 0 Å². The van der Waals surface area contributed by atoms with Crippen LogP contribution in [-0.4, -0.2) is 19.4 Å². The van der Waals surface area contributed by atoms with Crippen molar-refractivity contribution in [1.82, 2.24) is 0 Å². The first kappa shape index (κ1) is 11.8. The summed E-state index contributed by atoms with van der Waals surface area (Å²) >= 11 is 0. The van der Waals surface area contributed by atoms with Crippen LogP contribution in [0, 0.1) is 0 Å². The summed E-state index contributed by atoms with van der Waals surface area (Å²) in [5.74, 6) is 0.821. The van der Waals surface area contributed by atoms with Crippen LogP contribution in [0.1, 0.15) is 21.8 Å². The molecule has 1 aliphatic rings. The van der Waals surface area contributed by atoms with Crippen molar-refractivity contribution < 1.29 is 9.53 Å². The zero-order valence-corrected chi connectivity index (χ0v) is 10.7. The first-order valence-corrected chi connectivity index (χ1v) is 6.30. The molecular weight excluding hydrogens is 238 g/mol. The van der Waals surface area contributed by atoms with E-state index in [1.807, 2.05) is 48.5 Å². The van der Waals surface area contributed by atoms with Crippen molar-refractivity contribution >= 4 is 11.5 Å². The van der Waals surface area contributed by atoms with E-state index in [2.05, 4.69) is 5.32 Å². The highest BCUT2D eigenvalue weighted by Crippen LogP contribution is 2.32. The van der Waals surface area contributed by atoms with Crippen LogP contribution in [0.3, 0.4) is 0 Å². The first-order chi connectivity index (χ1) is 9.29. The summed E-state index contributed by atoms with van der Waals surface area (Å²) in [6, 6.07) is 15.4. The fourth-order valence-corrected chi connectivity index (χ4v) is 2.46. The van der Waals surface area contributed by atoms with E-state index in [0.29, 0.717) is 6.54 Å². The second kappa shape index (κ2) is 4.76. The Morgan fingerprint density at radius 1 is 1.16 bits per heavy atom. The lowest BCUT2D eigenvalue weighted by atomic mass is 9.87.